The molecule has 0 saturated heterocycles. The molecule has 18 heavy (non-hydrogen) atoms. The Hall–Kier alpha value is -1.47. The maximum absolute atomic E-state index is 11.8. The minimum absolute atomic E-state index is 0.0475. The number of amides is 2. The van der Waals surface area contributed by atoms with Gasteiger partial charge in [0.2, 0.25) is 0 Å². The van der Waals surface area contributed by atoms with Crippen molar-refractivity contribution in [2.75, 3.05) is 30.2 Å². The van der Waals surface area contributed by atoms with Gasteiger partial charge in [-0.05, 0) is 0 Å². The van der Waals surface area contributed by atoms with Gasteiger partial charge in [0.15, 0.2) is 0 Å². The van der Waals surface area contributed by atoms with E-state index in [-0.39, 0.29) is 17.4 Å². The Morgan fingerprint density at radius 2 is 1.89 bits per heavy atom. The topological polar surface area (TPSA) is 98.1 Å². The van der Waals surface area contributed by atoms with Gasteiger partial charge in [-0.15, -0.1) is 23.2 Å². The lowest BCUT2D eigenvalue weighted by Crippen LogP contribution is -2.39. The lowest BCUT2D eigenvalue weighted by molar-refractivity contribution is 0.217. The number of hydrogen-bond acceptors (Lipinski definition) is 3. The number of alkyl halides is 2. The van der Waals surface area contributed by atoms with Crippen LogP contribution in [0.3, 0.4) is 0 Å². The molecule has 0 aliphatic carbocycles. The van der Waals surface area contributed by atoms with Gasteiger partial charge in [0, 0.05) is 31.0 Å². The number of carbonyl (C=O) groups is 1. The first-order valence-corrected chi connectivity index (χ1v) is 6.15. The third-order valence-corrected chi connectivity index (χ3v) is 2.40. The number of H-pyrrole nitrogens is 2. The zero-order valence-corrected chi connectivity index (χ0v) is 10.8. The number of carbonyl (C=O) groups excluding carboxylic acids is 1. The maximum Gasteiger partial charge on any atom is 0.325 e. The number of nitrogens with zero attached hydrogens (tertiary/aromatic N) is 1. The SMILES string of the molecule is O=C(Nc1c[nH]c(=O)[nH]c1=O)N(CCCl)CCCl. The lowest BCUT2D eigenvalue weighted by Gasteiger charge is -2.20. The fourth-order valence-corrected chi connectivity index (χ4v) is 1.62. The highest BCUT2D eigenvalue weighted by molar-refractivity contribution is 6.18. The van der Waals surface area contributed by atoms with Crippen molar-refractivity contribution in [1.82, 2.24) is 14.9 Å². The highest BCUT2D eigenvalue weighted by atomic mass is 35.5. The average molecular weight is 295 g/mol. The summed E-state index contributed by atoms with van der Waals surface area (Å²) in [7, 11) is 0. The van der Waals surface area contributed by atoms with E-state index >= 15 is 0 Å². The molecule has 1 aromatic rings. The molecular formula is C9H12Cl2N4O3. The van der Waals surface area contributed by atoms with Crippen molar-refractivity contribution in [2.45, 2.75) is 0 Å². The average Bonchev–Trinajstić information content (AvgIpc) is 2.32. The third kappa shape index (κ3) is 4.08. The lowest BCUT2D eigenvalue weighted by atomic mass is 10.5. The summed E-state index contributed by atoms with van der Waals surface area (Å²) in [6.45, 7) is 0.614. The number of hydrogen-bond donors (Lipinski definition) is 3. The highest BCUT2D eigenvalue weighted by Crippen LogP contribution is 1.99. The van der Waals surface area contributed by atoms with E-state index in [4.69, 9.17) is 23.2 Å². The summed E-state index contributed by atoms with van der Waals surface area (Å²) < 4.78 is 0. The molecule has 1 aromatic heterocycles. The van der Waals surface area contributed by atoms with Crippen LogP contribution in [-0.4, -0.2) is 45.7 Å². The van der Waals surface area contributed by atoms with E-state index in [1.807, 2.05) is 4.98 Å². The van der Waals surface area contributed by atoms with E-state index in [1.165, 1.54) is 4.90 Å². The van der Waals surface area contributed by atoms with Crippen molar-refractivity contribution in [1.29, 1.82) is 0 Å². The number of aromatic amines is 2. The zero-order chi connectivity index (χ0) is 13.5. The largest absolute Gasteiger partial charge is 0.325 e. The molecule has 0 bridgehead atoms. The molecular weight excluding hydrogens is 283 g/mol. The number of rotatable bonds is 5. The number of nitrogens with one attached hydrogen (secondary N) is 3. The molecule has 100 valence electrons. The van der Waals surface area contributed by atoms with Crippen LogP contribution in [0.5, 0.6) is 0 Å². The molecule has 0 atom stereocenters. The predicted molar refractivity (Wildman–Crippen MR) is 69.7 cm³/mol. The maximum atomic E-state index is 11.8. The standard InChI is InChI=1S/C9H12Cl2N4O3/c10-1-3-15(4-2-11)9(18)13-6-5-12-8(17)14-7(6)16/h5H,1-4H2,(H,13,18)(H2,12,14,16,17). The zero-order valence-electron chi connectivity index (χ0n) is 9.33. The molecule has 9 heteroatoms. The van der Waals surface area contributed by atoms with E-state index < -0.39 is 17.3 Å². The minimum Gasteiger partial charge on any atom is -0.322 e. The Kier molecular flexibility index (Phi) is 5.73. The summed E-state index contributed by atoms with van der Waals surface area (Å²) >= 11 is 11.1. The van der Waals surface area contributed by atoms with Gasteiger partial charge < -0.3 is 15.2 Å². The van der Waals surface area contributed by atoms with Gasteiger partial charge in [0.1, 0.15) is 5.69 Å². The van der Waals surface area contributed by atoms with Crippen molar-refractivity contribution >= 4 is 34.9 Å². The first-order chi connectivity index (χ1) is 8.58. The summed E-state index contributed by atoms with van der Waals surface area (Å²) in [6.07, 6.45) is 1.12. The van der Waals surface area contributed by atoms with Crippen molar-refractivity contribution in [2.24, 2.45) is 0 Å². The molecule has 0 spiro atoms. The molecule has 1 heterocycles. The summed E-state index contributed by atoms with van der Waals surface area (Å²) in [6, 6.07) is -0.506. The van der Waals surface area contributed by atoms with Crippen LogP contribution in [0.25, 0.3) is 0 Å². The van der Waals surface area contributed by atoms with Crippen molar-refractivity contribution in [3.05, 3.63) is 27.0 Å². The van der Waals surface area contributed by atoms with E-state index in [2.05, 4.69) is 10.3 Å². The van der Waals surface area contributed by atoms with Crippen LogP contribution in [0, 0.1) is 0 Å². The Balaban J connectivity index is 2.78. The van der Waals surface area contributed by atoms with E-state index in [1.54, 1.807) is 0 Å². The summed E-state index contributed by atoms with van der Waals surface area (Å²) in [5.41, 5.74) is -1.37. The molecule has 0 aliphatic rings. The predicted octanol–water partition coefficient (Wildman–Crippen LogP) is 0.375. The van der Waals surface area contributed by atoms with Crippen LogP contribution in [0.15, 0.2) is 15.8 Å². The molecule has 2 amide bonds. The van der Waals surface area contributed by atoms with Gasteiger partial charge in [-0.2, -0.15) is 0 Å². The molecule has 1 rings (SSSR count). The first-order valence-electron chi connectivity index (χ1n) is 5.08. The Bertz CT molecular complexity index is 507. The molecule has 0 aromatic carbocycles. The van der Waals surface area contributed by atoms with Gasteiger partial charge in [0.25, 0.3) is 5.56 Å². The fourth-order valence-electron chi connectivity index (χ4n) is 1.22. The molecule has 0 aliphatic heterocycles. The van der Waals surface area contributed by atoms with Crippen LogP contribution in [0.1, 0.15) is 0 Å². The fraction of sp³-hybridized carbons (Fsp3) is 0.444. The summed E-state index contributed by atoms with van der Waals surface area (Å²) in [5, 5.41) is 2.36. The molecule has 0 radical (unpaired) electrons. The van der Waals surface area contributed by atoms with E-state index in [0.717, 1.165) is 6.20 Å². The second-order valence-electron chi connectivity index (χ2n) is 3.28. The smallest absolute Gasteiger partial charge is 0.322 e. The molecule has 0 saturated carbocycles. The molecule has 7 nitrogen and oxygen atoms in total. The number of anilines is 1. The van der Waals surface area contributed by atoms with Crippen molar-refractivity contribution in [3.63, 3.8) is 0 Å². The highest BCUT2D eigenvalue weighted by Gasteiger charge is 2.13. The minimum atomic E-state index is -0.677. The monoisotopic (exact) mass is 294 g/mol. The van der Waals surface area contributed by atoms with E-state index in [0.29, 0.717) is 13.1 Å². The van der Waals surface area contributed by atoms with Crippen LogP contribution < -0.4 is 16.6 Å². The molecule has 3 N–H and O–H groups in total. The van der Waals surface area contributed by atoms with E-state index in [9.17, 15) is 14.4 Å². The van der Waals surface area contributed by atoms with Gasteiger partial charge in [-0.3, -0.25) is 9.78 Å². The second kappa shape index (κ2) is 7.07. The Labute approximate surface area is 112 Å². The van der Waals surface area contributed by atoms with Gasteiger partial charge >= 0.3 is 11.7 Å². The number of halogens is 2. The van der Waals surface area contributed by atoms with Crippen LogP contribution in [-0.2, 0) is 0 Å². The van der Waals surface area contributed by atoms with Crippen LogP contribution in [0.2, 0.25) is 0 Å². The first kappa shape index (κ1) is 14.6. The van der Waals surface area contributed by atoms with Crippen molar-refractivity contribution < 1.29 is 4.79 Å². The Morgan fingerprint density at radius 3 is 2.39 bits per heavy atom. The number of aromatic nitrogens is 2. The third-order valence-electron chi connectivity index (χ3n) is 2.06. The molecule has 0 fully saturated rings. The normalized spacial score (nSPS) is 10.1. The van der Waals surface area contributed by atoms with Gasteiger partial charge in [-0.1, -0.05) is 0 Å². The van der Waals surface area contributed by atoms with Crippen LogP contribution in [0.4, 0.5) is 10.5 Å². The quantitative estimate of drug-likeness (QED) is 0.685. The van der Waals surface area contributed by atoms with Gasteiger partial charge in [0.05, 0.1) is 0 Å². The Morgan fingerprint density at radius 1 is 1.28 bits per heavy atom. The van der Waals surface area contributed by atoms with Crippen LogP contribution >= 0.6 is 23.2 Å². The summed E-state index contributed by atoms with van der Waals surface area (Å²) in [5.74, 6) is 0.512. The molecule has 0 unspecified atom stereocenters. The van der Waals surface area contributed by atoms with Crippen molar-refractivity contribution in [3.8, 4) is 0 Å². The van der Waals surface area contributed by atoms with Gasteiger partial charge in [-0.25, -0.2) is 9.59 Å². The number of urea groups is 1. The summed E-state index contributed by atoms with van der Waals surface area (Å²) in [4.78, 5) is 39.5. The second-order valence-corrected chi connectivity index (χ2v) is 4.04.